The number of fused-ring (bicyclic) bond motifs is 1. The number of aromatic nitrogens is 3. The van der Waals surface area contributed by atoms with E-state index in [1.165, 1.54) is 6.92 Å². The van der Waals surface area contributed by atoms with Gasteiger partial charge in [0.25, 0.3) is 0 Å². The molecule has 0 radical (unpaired) electrons. The monoisotopic (exact) mass is 510 g/mol. The van der Waals surface area contributed by atoms with Crippen LogP contribution in [0.3, 0.4) is 0 Å². The molecule has 2 atom stereocenters. The van der Waals surface area contributed by atoms with Crippen LogP contribution in [-0.4, -0.2) is 77.7 Å². The van der Waals surface area contributed by atoms with Gasteiger partial charge in [0.2, 0.25) is 11.8 Å². The Balaban J connectivity index is 1.42. The third kappa shape index (κ3) is 5.10. The van der Waals surface area contributed by atoms with Gasteiger partial charge in [-0.05, 0) is 42.5 Å². The molecule has 11 heteroatoms. The van der Waals surface area contributed by atoms with Gasteiger partial charge in [0.05, 0.1) is 32.1 Å². The number of halogens is 1. The van der Waals surface area contributed by atoms with E-state index in [0.29, 0.717) is 29.2 Å². The first kappa shape index (κ1) is 25.3. The van der Waals surface area contributed by atoms with Gasteiger partial charge in [-0.25, -0.2) is 14.4 Å². The van der Waals surface area contributed by atoms with Crippen LogP contribution in [0.5, 0.6) is 5.88 Å². The number of rotatable bonds is 9. The molecule has 10 nitrogen and oxygen atoms in total. The third-order valence-corrected chi connectivity index (χ3v) is 7.37. The Bertz CT molecular complexity index is 1270. The molecule has 2 aliphatic rings. The smallest absolute Gasteiger partial charge is 0.244 e. The highest BCUT2D eigenvalue weighted by Gasteiger charge is 2.40. The lowest BCUT2D eigenvalue weighted by atomic mass is 9.78. The van der Waals surface area contributed by atoms with Crippen molar-refractivity contribution in [2.45, 2.75) is 45.4 Å². The molecule has 0 saturated carbocycles. The van der Waals surface area contributed by atoms with Crippen molar-refractivity contribution < 1.29 is 13.9 Å². The number of ether oxygens (including phenoxy) is 2. The van der Waals surface area contributed by atoms with E-state index in [-0.39, 0.29) is 18.0 Å². The molecule has 3 aromatic rings. The summed E-state index contributed by atoms with van der Waals surface area (Å²) in [6.45, 7) is 9.83. The quantitative estimate of drug-likeness (QED) is 0.356. The summed E-state index contributed by atoms with van der Waals surface area (Å²) in [6.07, 6.45) is 1.84. The van der Waals surface area contributed by atoms with E-state index in [2.05, 4.69) is 34.5 Å². The second kappa shape index (κ2) is 10.2. The second-order valence-corrected chi connectivity index (χ2v) is 10.6. The molecule has 0 spiro atoms. The highest BCUT2D eigenvalue weighted by Crippen LogP contribution is 2.37. The molecule has 1 aromatic carbocycles. The first-order valence-corrected chi connectivity index (χ1v) is 12.7. The van der Waals surface area contributed by atoms with Crippen LogP contribution in [-0.2, 0) is 4.74 Å². The molecule has 0 amide bonds. The topological polar surface area (TPSA) is 112 Å². The van der Waals surface area contributed by atoms with Crippen molar-refractivity contribution in [1.29, 1.82) is 5.53 Å². The van der Waals surface area contributed by atoms with Gasteiger partial charge in [0.15, 0.2) is 0 Å². The molecular weight excluding hydrogens is 475 g/mol. The van der Waals surface area contributed by atoms with Crippen molar-refractivity contribution in [3.63, 3.8) is 0 Å². The Kier molecular flexibility index (Phi) is 7.00. The van der Waals surface area contributed by atoms with Gasteiger partial charge >= 0.3 is 0 Å². The molecular formula is C26H35FN8O2. The molecule has 2 aromatic heterocycles. The number of nitrogens with zero attached hydrogens (tertiary/aromatic N) is 5. The number of nitrogens with one attached hydrogen (secondary N) is 3. The molecule has 0 bridgehead atoms. The maximum Gasteiger partial charge on any atom is 0.244 e. The van der Waals surface area contributed by atoms with Crippen LogP contribution in [0.15, 0.2) is 35.6 Å². The van der Waals surface area contributed by atoms with Crippen molar-refractivity contribution >= 4 is 22.8 Å². The fraction of sp³-hybridized carbons (Fsp3) is 0.538. The highest BCUT2D eigenvalue weighted by molar-refractivity contribution is 5.87. The average molecular weight is 511 g/mol. The lowest BCUT2D eigenvalue weighted by Crippen LogP contribution is -2.59. The Hall–Kier alpha value is -3.31. The maximum atomic E-state index is 13.4. The highest BCUT2D eigenvalue weighted by atomic mass is 19.1. The van der Waals surface area contributed by atoms with E-state index in [0.717, 1.165) is 49.4 Å². The summed E-state index contributed by atoms with van der Waals surface area (Å²) >= 11 is 0. The average Bonchev–Trinajstić information content (AvgIpc) is 3.26. The predicted octanol–water partition coefficient (Wildman–Crippen LogP) is 4.75. The zero-order valence-corrected chi connectivity index (χ0v) is 21.8. The number of benzene rings is 1. The van der Waals surface area contributed by atoms with Crippen LogP contribution in [0.25, 0.3) is 16.6 Å². The summed E-state index contributed by atoms with van der Waals surface area (Å²) in [5.41, 5.74) is 11.0. The van der Waals surface area contributed by atoms with Crippen LogP contribution in [0.2, 0.25) is 0 Å². The Morgan fingerprint density at radius 1 is 1.32 bits per heavy atom. The molecule has 2 aliphatic heterocycles. The number of hydrogen-bond acceptors (Lipinski definition) is 9. The maximum absolute atomic E-state index is 13.4. The normalized spacial score (nSPS) is 20.8. The Morgan fingerprint density at radius 2 is 2.14 bits per heavy atom. The molecule has 2 saturated heterocycles. The first-order valence-electron chi connectivity index (χ1n) is 12.7. The van der Waals surface area contributed by atoms with Gasteiger partial charge in [-0.3, -0.25) is 4.90 Å². The van der Waals surface area contributed by atoms with Crippen LogP contribution >= 0.6 is 0 Å². The lowest BCUT2D eigenvalue weighted by Gasteiger charge is -2.49. The minimum absolute atomic E-state index is 0.0341. The SMILES string of the molecule is COc1nc(N[C@H]2CCN(C3COC3)CC2(C)C)nn2ccc(-c3ccc(N=N)c(NC[C@H](C)F)c3)c12. The van der Waals surface area contributed by atoms with Gasteiger partial charge in [-0.2, -0.15) is 10.1 Å². The molecule has 5 rings (SSSR count). The molecule has 198 valence electrons. The van der Waals surface area contributed by atoms with Gasteiger partial charge in [-0.1, -0.05) is 19.9 Å². The summed E-state index contributed by atoms with van der Waals surface area (Å²) in [5.74, 6) is 0.980. The van der Waals surface area contributed by atoms with Crippen LogP contribution in [0.4, 0.5) is 21.7 Å². The first-order chi connectivity index (χ1) is 17.8. The Labute approximate surface area is 216 Å². The number of hydrogen-bond donors (Lipinski definition) is 3. The number of piperidine rings is 1. The van der Waals surface area contributed by atoms with Gasteiger partial charge in [0, 0.05) is 37.4 Å². The van der Waals surface area contributed by atoms with E-state index >= 15 is 0 Å². The zero-order chi connectivity index (χ0) is 26.2. The molecule has 3 N–H and O–H groups in total. The summed E-state index contributed by atoms with van der Waals surface area (Å²) in [4.78, 5) is 7.25. The van der Waals surface area contributed by atoms with Crippen LogP contribution in [0, 0.1) is 10.9 Å². The fourth-order valence-electron chi connectivity index (χ4n) is 5.19. The second-order valence-electron chi connectivity index (χ2n) is 10.6. The van der Waals surface area contributed by atoms with Gasteiger partial charge in [0.1, 0.15) is 17.4 Å². The van der Waals surface area contributed by atoms with E-state index < -0.39 is 6.17 Å². The minimum atomic E-state index is -1.03. The minimum Gasteiger partial charge on any atom is -0.479 e. The van der Waals surface area contributed by atoms with E-state index in [1.54, 1.807) is 17.7 Å². The van der Waals surface area contributed by atoms with Gasteiger partial charge in [-0.15, -0.1) is 5.10 Å². The zero-order valence-electron chi connectivity index (χ0n) is 21.8. The van der Waals surface area contributed by atoms with Gasteiger partial charge < -0.3 is 20.1 Å². The van der Waals surface area contributed by atoms with Crippen molar-refractivity contribution in [1.82, 2.24) is 19.5 Å². The molecule has 37 heavy (non-hydrogen) atoms. The molecule has 0 aliphatic carbocycles. The molecule has 0 unspecified atom stereocenters. The molecule has 2 fully saturated rings. The standard InChI is InChI=1S/C26H35FN8O2/c1-16(27)12-29-21-11-17(5-6-20(21)32-28)19-7-10-35-23(19)24(36-4)31-25(33-35)30-22-8-9-34(15-26(22,2)3)18-13-37-14-18/h5-7,10-11,16,18,22,28-29H,8-9,12-15H2,1-4H3,(H,30,33)/t16-,22-/m0/s1. The van der Waals surface area contributed by atoms with Crippen molar-refractivity contribution in [2.24, 2.45) is 10.5 Å². The van der Waals surface area contributed by atoms with E-state index in [9.17, 15) is 4.39 Å². The van der Waals surface area contributed by atoms with E-state index in [4.69, 9.17) is 25.1 Å². The van der Waals surface area contributed by atoms with Crippen molar-refractivity contribution in [3.8, 4) is 17.0 Å². The fourth-order valence-corrected chi connectivity index (χ4v) is 5.19. The van der Waals surface area contributed by atoms with Crippen molar-refractivity contribution in [2.75, 3.05) is 50.6 Å². The predicted molar refractivity (Wildman–Crippen MR) is 141 cm³/mol. The van der Waals surface area contributed by atoms with Crippen LogP contribution in [0.1, 0.15) is 27.2 Å². The lowest BCUT2D eigenvalue weighted by molar-refractivity contribution is -0.0860. The summed E-state index contributed by atoms with van der Waals surface area (Å²) in [5, 5.41) is 14.9. The number of likely N-dealkylation sites (tertiary alicyclic amines) is 1. The summed E-state index contributed by atoms with van der Waals surface area (Å²) in [6, 6.07) is 8.18. The van der Waals surface area contributed by atoms with Crippen LogP contribution < -0.4 is 15.4 Å². The number of methoxy groups -OCH3 is 1. The summed E-state index contributed by atoms with van der Waals surface area (Å²) < 4.78 is 26.3. The van der Waals surface area contributed by atoms with Crippen molar-refractivity contribution in [3.05, 3.63) is 30.5 Å². The third-order valence-electron chi connectivity index (χ3n) is 7.37. The molecule has 4 heterocycles. The summed E-state index contributed by atoms with van der Waals surface area (Å²) in [7, 11) is 1.60. The largest absolute Gasteiger partial charge is 0.479 e. The number of anilines is 2. The van der Waals surface area contributed by atoms with E-state index in [1.807, 2.05) is 24.4 Å². The number of alkyl halides is 1. The Morgan fingerprint density at radius 3 is 2.78 bits per heavy atom.